The minimum atomic E-state index is 1.00. The monoisotopic (exact) mass is 102 g/mol. The molecular weight excluding hydrogens is 96.0 g/mol. The second-order valence-electron chi connectivity index (χ2n) is 0.560. The summed E-state index contributed by atoms with van der Waals surface area (Å²) in [5, 5.41) is 19.2. The van der Waals surface area contributed by atoms with Crippen LogP contribution >= 0.6 is 0 Å². The number of aliphatic hydroxyl groups excluding tert-OH is 1. The Kier molecular flexibility index (Phi) is 4.33. The van der Waals surface area contributed by atoms with Crippen LogP contribution in [-0.4, -0.2) is 32.8 Å². The van der Waals surface area contributed by atoms with Gasteiger partial charge in [0.2, 0.25) is 0 Å². The van der Waals surface area contributed by atoms with Crippen LogP contribution in [0.15, 0.2) is 6.33 Å². The summed E-state index contributed by atoms with van der Waals surface area (Å²) in [6.07, 6.45) is 1.33. The highest BCUT2D eigenvalue weighted by Gasteiger charge is 1.58. The van der Waals surface area contributed by atoms with Gasteiger partial charge in [-0.05, 0) is 0 Å². The Morgan fingerprint density at radius 2 is 2.29 bits per heavy atom. The van der Waals surface area contributed by atoms with Crippen LogP contribution in [0.2, 0.25) is 0 Å². The lowest BCUT2D eigenvalue weighted by Crippen LogP contribution is -1.64. The lowest BCUT2D eigenvalue weighted by atomic mass is 11.4. The van der Waals surface area contributed by atoms with Crippen molar-refractivity contribution in [3.8, 4) is 0 Å². The average molecular weight is 102 g/mol. The molecule has 0 saturated heterocycles. The van der Waals surface area contributed by atoms with Crippen molar-refractivity contribution in [3.05, 3.63) is 6.33 Å². The fourth-order valence-electron chi connectivity index (χ4n) is 0.129. The van der Waals surface area contributed by atoms with Crippen molar-refractivity contribution < 1.29 is 5.11 Å². The third-order valence-corrected chi connectivity index (χ3v) is 0.270. The van der Waals surface area contributed by atoms with Gasteiger partial charge in [-0.25, -0.2) is 0 Å². The van der Waals surface area contributed by atoms with Crippen molar-refractivity contribution in [3.63, 3.8) is 0 Å². The summed E-state index contributed by atoms with van der Waals surface area (Å²) in [4.78, 5) is 0. The van der Waals surface area contributed by atoms with E-state index in [1.165, 1.54) is 6.33 Å². The van der Waals surface area contributed by atoms with Crippen molar-refractivity contribution in [2.45, 2.75) is 0 Å². The number of aromatic nitrogens is 4. The summed E-state index contributed by atoms with van der Waals surface area (Å²) in [6, 6.07) is 0. The van der Waals surface area contributed by atoms with Gasteiger partial charge in [-0.15, -0.1) is 10.2 Å². The molecule has 0 aromatic carbocycles. The topological polar surface area (TPSA) is 74.7 Å². The minimum Gasteiger partial charge on any atom is -0.400 e. The Bertz CT molecular complexity index is 66.2. The molecule has 0 amide bonds. The lowest BCUT2D eigenvalue weighted by Gasteiger charge is -1.44. The number of aromatic amines is 1. The molecule has 0 bridgehead atoms. The van der Waals surface area contributed by atoms with Gasteiger partial charge in [0.25, 0.3) is 0 Å². The van der Waals surface area contributed by atoms with E-state index in [9.17, 15) is 0 Å². The number of hydrogen-bond acceptors (Lipinski definition) is 4. The molecule has 40 valence electrons. The molecular formula is C2H6N4O. The highest BCUT2D eigenvalue weighted by molar-refractivity contribution is 4.24. The van der Waals surface area contributed by atoms with Crippen LogP contribution in [0.4, 0.5) is 0 Å². The van der Waals surface area contributed by atoms with Gasteiger partial charge < -0.3 is 5.11 Å². The number of H-pyrrole nitrogens is 1. The third-order valence-electron chi connectivity index (χ3n) is 0.270. The number of rotatable bonds is 0. The number of tetrazole rings is 1. The number of aliphatic hydroxyl groups is 1. The SMILES string of the molecule is CO.c1nn[nH]n1. The van der Waals surface area contributed by atoms with Gasteiger partial charge in [0.15, 0.2) is 6.33 Å². The van der Waals surface area contributed by atoms with Crippen LogP contribution in [0.25, 0.3) is 0 Å². The van der Waals surface area contributed by atoms with Gasteiger partial charge in [0, 0.05) is 7.11 Å². The lowest BCUT2D eigenvalue weighted by molar-refractivity contribution is 0.399. The van der Waals surface area contributed by atoms with E-state index in [0.717, 1.165) is 7.11 Å². The maximum absolute atomic E-state index is 7.00. The van der Waals surface area contributed by atoms with E-state index in [1.54, 1.807) is 0 Å². The van der Waals surface area contributed by atoms with E-state index in [0.29, 0.717) is 0 Å². The molecule has 1 aromatic rings. The first-order valence-electron chi connectivity index (χ1n) is 1.61. The van der Waals surface area contributed by atoms with E-state index in [2.05, 4.69) is 20.6 Å². The molecule has 0 radical (unpaired) electrons. The molecule has 0 spiro atoms. The zero-order valence-electron chi connectivity index (χ0n) is 3.87. The summed E-state index contributed by atoms with van der Waals surface area (Å²) >= 11 is 0. The number of hydrogen-bond donors (Lipinski definition) is 2. The van der Waals surface area contributed by atoms with Crippen molar-refractivity contribution in [1.29, 1.82) is 0 Å². The van der Waals surface area contributed by atoms with Crippen molar-refractivity contribution >= 4 is 0 Å². The molecule has 0 saturated carbocycles. The van der Waals surface area contributed by atoms with Gasteiger partial charge >= 0.3 is 0 Å². The molecule has 0 aliphatic rings. The predicted octanol–water partition coefficient (Wildman–Crippen LogP) is -1.19. The Morgan fingerprint density at radius 1 is 1.57 bits per heavy atom. The second-order valence-corrected chi connectivity index (χ2v) is 0.560. The zero-order valence-corrected chi connectivity index (χ0v) is 3.87. The van der Waals surface area contributed by atoms with E-state index in [1.807, 2.05) is 0 Å². The highest BCUT2D eigenvalue weighted by Crippen LogP contribution is 1.43. The standard InChI is InChI=1S/CH2N4.CH4O/c1-2-4-5-3-1;1-2/h1H,(H,2,3,4,5);2H,1H3. The predicted molar refractivity (Wildman–Crippen MR) is 22.3 cm³/mol. The Balaban J connectivity index is 0.000000162. The van der Waals surface area contributed by atoms with E-state index < -0.39 is 0 Å². The zero-order chi connectivity index (χ0) is 5.54. The first-order valence-corrected chi connectivity index (χ1v) is 1.61. The normalized spacial score (nSPS) is 6.57. The molecule has 0 aliphatic carbocycles. The van der Waals surface area contributed by atoms with Crippen LogP contribution in [0, 0.1) is 0 Å². The van der Waals surface area contributed by atoms with Crippen LogP contribution in [0.5, 0.6) is 0 Å². The molecule has 0 fully saturated rings. The van der Waals surface area contributed by atoms with Crippen LogP contribution < -0.4 is 0 Å². The minimum absolute atomic E-state index is 1.00. The van der Waals surface area contributed by atoms with E-state index in [4.69, 9.17) is 5.11 Å². The first kappa shape index (κ1) is 6.03. The molecule has 1 aromatic heterocycles. The summed E-state index contributed by atoms with van der Waals surface area (Å²) in [5.41, 5.74) is 0. The molecule has 0 aliphatic heterocycles. The molecule has 0 unspecified atom stereocenters. The smallest absolute Gasteiger partial charge is 0.161 e. The number of nitrogens with one attached hydrogen (secondary N) is 1. The van der Waals surface area contributed by atoms with Gasteiger partial charge in [-0.3, -0.25) is 0 Å². The second kappa shape index (κ2) is 5.03. The van der Waals surface area contributed by atoms with Gasteiger partial charge in [-0.2, -0.15) is 5.21 Å². The first-order chi connectivity index (χ1) is 3.50. The van der Waals surface area contributed by atoms with Gasteiger partial charge in [0.1, 0.15) is 0 Å². The Labute approximate surface area is 40.4 Å². The van der Waals surface area contributed by atoms with Crippen molar-refractivity contribution in [1.82, 2.24) is 20.6 Å². The summed E-state index contributed by atoms with van der Waals surface area (Å²) < 4.78 is 0. The quantitative estimate of drug-likeness (QED) is 0.432. The summed E-state index contributed by atoms with van der Waals surface area (Å²) in [7, 11) is 1.00. The third kappa shape index (κ3) is 2.84. The van der Waals surface area contributed by atoms with Crippen molar-refractivity contribution in [2.75, 3.05) is 7.11 Å². The number of nitrogens with zero attached hydrogens (tertiary/aromatic N) is 3. The maximum atomic E-state index is 7.00. The largest absolute Gasteiger partial charge is 0.400 e. The summed E-state index contributed by atoms with van der Waals surface area (Å²) in [5.74, 6) is 0. The van der Waals surface area contributed by atoms with E-state index in [-0.39, 0.29) is 0 Å². The Hall–Kier alpha value is -0.970. The van der Waals surface area contributed by atoms with Crippen LogP contribution in [0.1, 0.15) is 0 Å². The molecule has 7 heavy (non-hydrogen) atoms. The molecule has 0 atom stereocenters. The average Bonchev–Trinajstić information content (AvgIpc) is 2.23. The fourth-order valence-corrected chi connectivity index (χ4v) is 0.129. The molecule has 5 nitrogen and oxygen atoms in total. The molecule has 2 N–H and O–H groups in total. The van der Waals surface area contributed by atoms with Gasteiger partial charge in [-0.1, -0.05) is 5.21 Å². The van der Waals surface area contributed by atoms with Crippen LogP contribution in [-0.2, 0) is 0 Å². The van der Waals surface area contributed by atoms with Crippen LogP contribution in [0.3, 0.4) is 0 Å². The van der Waals surface area contributed by atoms with Gasteiger partial charge in [0.05, 0.1) is 0 Å². The Morgan fingerprint density at radius 3 is 2.43 bits per heavy atom. The fraction of sp³-hybridized carbons (Fsp3) is 0.500. The highest BCUT2D eigenvalue weighted by atomic mass is 16.2. The van der Waals surface area contributed by atoms with Crippen molar-refractivity contribution in [2.24, 2.45) is 0 Å². The molecule has 5 heteroatoms. The maximum Gasteiger partial charge on any atom is 0.161 e. The van der Waals surface area contributed by atoms with E-state index >= 15 is 0 Å². The molecule has 1 rings (SSSR count). The molecule has 1 heterocycles. The summed E-state index contributed by atoms with van der Waals surface area (Å²) in [6.45, 7) is 0.